The summed E-state index contributed by atoms with van der Waals surface area (Å²) >= 11 is 12.0. The topological polar surface area (TPSA) is 40.7 Å². The van der Waals surface area contributed by atoms with Crippen LogP contribution in [0.2, 0.25) is 10.0 Å². The van der Waals surface area contributed by atoms with Gasteiger partial charge in [-0.25, -0.2) is 4.98 Å². The standard InChI is InChI=1S/C14H11Cl2N3/c1-8-10(16)3-2-4-11(8)17-14-18-12-6-5-9(15)7-13(12)19-14/h2-7H,1H3,(H2,17,18,19). The lowest BCUT2D eigenvalue weighted by Crippen LogP contribution is -1.94. The predicted molar refractivity (Wildman–Crippen MR) is 80.6 cm³/mol. The predicted octanol–water partition coefficient (Wildman–Crippen LogP) is 4.92. The van der Waals surface area contributed by atoms with E-state index < -0.39 is 0 Å². The fourth-order valence-electron chi connectivity index (χ4n) is 1.91. The average Bonchev–Trinajstić information content (AvgIpc) is 2.76. The molecule has 0 amide bonds. The van der Waals surface area contributed by atoms with E-state index in [0.717, 1.165) is 27.3 Å². The molecule has 0 aliphatic rings. The first-order valence-corrected chi connectivity index (χ1v) is 6.56. The highest BCUT2D eigenvalue weighted by Crippen LogP contribution is 2.26. The Morgan fingerprint density at radius 2 is 2.00 bits per heavy atom. The highest BCUT2D eigenvalue weighted by atomic mass is 35.5. The van der Waals surface area contributed by atoms with Gasteiger partial charge < -0.3 is 10.3 Å². The lowest BCUT2D eigenvalue weighted by Gasteiger charge is -2.07. The van der Waals surface area contributed by atoms with Crippen LogP contribution in [-0.4, -0.2) is 9.97 Å². The van der Waals surface area contributed by atoms with Crippen LogP contribution in [0.4, 0.5) is 11.6 Å². The molecule has 0 spiro atoms. The number of hydrogen-bond donors (Lipinski definition) is 2. The molecule has 0 unspecified atom stereocenters. The van der Waals surface area contributed by atoms with Gasteiger partial charge in [0.25, 0.3) is 0 Å². The molecule has 0 fully saturated rings. The van der Waals surface area contributed by atoms with Crippen molar-refractivity contribution in [2.45, 2.75) is 6.92 Å². The van der Waals surface area contributed by atoms with Crippen LogP contribution >= 0.6 is 23.2 Å². The first-order valence-electron chi connectivity index (χ1n) is 5.81. The van der Waals surface area contributed by atoms with E-state index in [1.165, 1.54) is 0 Å². The van der Waals surface area contributed by atoms with Gasteiger partial charge in [0.05, 0.1) is 11.0 Å². The van der Waals surface area contributed by atoms with Crippen molar-refractivity contribution in [1.29, 1.82) is 0 Å². The summed E-state index contributed by atoms with van der Waals surface area (Å²) in [4.78, 5) is 7.63. The molecule has 1 heterocycles. The van der Waals surface area contributed by atoms with Gasteiger partial charge in [-0.3, -0.25) is 0 Å². The smallest absolute Gasteiger partial charge is 0.205 e. The van der Waals surface area contributed by atoms with Crippen LogP contribution in [0.25, 0.3) is 11.0 Å². The number of benzene rings is 2. The van der Waals surface area contributed by atoms with E-state index in [-0.39, 0.29) is 0 Å². The first-order chi connectivity index (χ1) is 9.13. The third-order valence-corrected chi connectivity index (χ3v) is 3.61. The van der Waals surface area contributed by atoms with Gasteiger partial charge in [-0.1, -0.05) is 29.3 Å². The Balaban J connectivity index is 1.99. The number of fused-ring (bicyclic) bond motifs is 1. The van der Waals surface area contributed by atoms with Crippen LogP contribution in [0.15, 0.2) is 36.4 Å². The zero-order valence-corrected chi connectivity index (χ0v) is 11.7. The minimum atomic E-state index is 0.669. The molecule has 2 aromatic carbocycles. The van der Waals surface area contributed by atoms with Gasteiger partial charge in [0.1, 0.15) is 0 Å². The molecule has 3 nitrogen and oxygen atoms in total. The number of halogens is 2. The molecule has 0 bridgehead atoms. The number of aromatic amines is 1. The van der Waals surface area contributed by atoms with Crippen molar-refractivity contribution >= 4 is 45.9 Å². The summed E-state index contributed by atoms with van der Waals surface area (Å²) in [6.45, 7) is 1.96. The Morgan fingerprint density at radius 3 is 2.84 bits per heavy atom. The average molecular weight is 292 g/mol. The van der Waals surface area contributed by atoms with Gasteiger partial charge in [0.2, 0.25) is 5.95 Å². The molecule has 0 saturated heterocycles. The van der Waals surface area contributed by atoms with Gasteiger partial charge in [-0.05, 0) is 42.8 Å². The molecule has 19 heavy (non-hydrogen) atoms. The van der Waals surface area contributed by atoms with Gasteiger partial charge in [-0.2, -0.15) is 0 Å². The van der Waals surface area contributed by atoms with E-state index in [0.29, 0.717) is 11.0 Å². The summed E-state index contributed by atoms with van der Waals surface area (Å²) in [5, 5.41) is 4.64. The lowest BCUT2D eigenvalue weighted by molar-refractivity contribution is 1.29. The van der Waals surface area contributed by atoms with Crippen LogP contribution < -0.4 is 5.32 Å². The van der Waals surface area contributed by atoms with Crippen molar-refractivity contribution in [3.8, 4) is 0 Å². The molecule has 3 aromatic rings. The molecular weight excluding hydrogens is 281 g/mol. The number of H-pyrrole nitrogens is 1. The second-order valence-corrected chi connectivity index (χ2v) is 5.13. The number of imidazole rings is 1. The number of aromatic nitrogens is 2. The van der Waals surface area contributed by atoms with E-state index in [1.807, 2.05) is 43.3 Å². The highest BCUT2D eigenvalue weighted by Gasteiger charge is 2.06. The van der Waals surface area contributed by atoms with Gasteiger partial charge >= 0.3 is 0 Å². The molecule has 96 valence electrons. The molecule has 5 heteroatoms. The molecule has 0 aliphatic carbocycles. The van der Waals surface area contributed by atoms with Crippen molar-refractivity contribution < 1.29 is 0 Å². The SMILES string of the molecule is Cc1c(Cl)cccc1Nc1nc2ccc(Cl)cc2[nH]1. The third-order valence-electron chi connectivity index (χ3n) is 2.96. The minimum Gasteiger partial charge on any atom is -0.325 e. The second kappa shape index (κ2) is 4.76. The van der Waals surface area contributed by atoms with E-state index in [2.05, 4.69) is 15.3 Å². The Labute approximate surface area is 120 Å². The summed E-state index contributed by atoms with van der Waals surface area (Å²) in [5.74, 6) is 0.669. The summed E-state index contributed by atoms with van der Waals surface area (Å²) < 4.78 is 0. The molecule has 0 saturated carbocycles. The van der Waals surface area contributed by atoms with Crippen molar-refractivity contribution in [2.75, 3.05) is 5.32 Å². The molecular formula is C14H11Cl2N3. The van der Waals surface area contributed by atoms with Crippen LogP contribution in [0.1, 0.15) is 5.56 Å². The molecule has 3 rings (SSSR count). The Morgan fingerprint density at radius 1 is 1.16 bits per heavy atom. The zero-order chi connectivity index (χ0) is 13.4. The zero-order valence-electron chi connectivity index (χ0n) is 10.2. The Hall–Kier alpha value is -1.71. The van der Waals surface area contributed by atoms with E-state index in [9.17, 15) is 0 Å². The summed E-state index contributed by atoms with van der Waals surface area (Å²) in [6.07, 6.45) is 0. The first kappa shape index (κ1) is 12.3. The monoisotopic (exact) mass is 291 g/mol. The summed E-state index contributed by atoms with van der Waals surface area (Å²) in [6, 6.07) is 11.3. The van der Waals surface area contributed by atoms with Gasteiger partial charge in [0, 0.05) is 15.7 Å². The number of hydrogen-bond acceptors (Lipinski definition) is 2. The third kappa shape index (κ3) is 2.39. The molecule has 0 aliphatic heterocycles. The maximum Gasteiger partial charge on any atom is 0.205 e. The number of rotatable bonds is 2. The maximum absolute atomic E-state index is 6.09. The quantitative estimate of drug-likeness (QED) is 0.703. The lowest BCUT2D eigenvalue weighted by atomic mass is 10.2. The fourth-order valence-corrected chi connectivity index (χ4v) is 2.26. The van der Waals surface area contributed by atoms with Gasteiger partial charge in [0.15, 0.2) is 0 Å². The van der Waals surface area contributed by atoms with E-state index in [1.54, 1.807) is 0 Å². The second-order valence-electron chi connectivity index (χ2n) is 4.28. The molecule has 2 N–H and O–H groups in total. The van der Waals surface area contributed by atoms with E-state index >= 15 is 0 Å². The van der Waals surface area contributed by atoms with E-state index in [4.69, 9.17) is 23.2 Å². The minimum absolute atomic E-state index is 0.669. The van der Waals surface area contributed by atoms with Crippen molar-refractivity contribution in [3.05, 3.63) is 52.0 Å². The van der Waals surface area contributed by atoms with Crippen LogP contribution in [0.3, 0.4) is 0 Å². The Kier molecular flexibility index (Phi) is 3.09. The highest BCUT2D eigenvalue weighted by molar-refractivity contribution is 6.31. The number of nitrogens with one attached hydrogen (secondary N) is 2. The molecule has 0 atom stereocenters. The van der Waals surface area contributed by atoms with Crippen molar-refractivity contribution in [3.63, 3.8) is 0 Å². The van der Waals surface area contributed by atoms with Gasteiger partial charge in [-0.15, -0.1) is 0 Å². The van der Waals surface area contributed by atoms with Crippen molar-refractivity contribution in [1.82, 2.24) is 9.97 Å². The summed E-state index contributed by atoms with van der Waals surface area (Å²) in [7, 11) is 0. The largest absolute Gasteiger partial charge is 0.325 e. The Bertz CT molecular complexity index is 750. The van der Waals surface area contributed by atoms with Crippen LogP contribution in [0, 0.1) is 6.92 Å². The normalized spacial score (nSPS) is 10.9. The fraction of sp³-hybridized carbons (Fsp3) is 0.0714. The summed E-state index contributed by atoms with van der Waals surface area (Å²) in [5.41, 5.74) is 3.68. The number of anilines is 2. The molecule has 0 radical (unpaired) electrons. The maximum atomic E-state index is 6.09. The molecule has 1 aromatic heterocycles. The van der Waals surface area contributed by atoms with Crippen LogP contribution in [0.5, 0.6) is 0 Å². The number of nitrogens with zero attached hydrogens (tertiary/aromatic N) is 1. The van der Waals surface area contributed by atoms with Crippen molar-refractivity contribution in [2.24, 2.45) is 0 Å². The van der Waals surface area contributed by atoms with Crippen LogP contribution in [-0.2, 0) is 0 Å².